The summed E-state index contributed by atoms with van der Waals surface area (Å²) in [6.45, 7) is 0.508. The van der Waals surface area contributed by atoms with Gasteiger partial charge in [-0.3, -0.25) is 0 Å². The summed E-state index contributed by atoms with van der Waals surface area (Å²) in [5.74, 6) is 0.819. The van der Waals surface area contributed by atoms with E-state index in [1.807, 2.05) is 35.7 Å². The zero-order valence-corrected chi connectivity index (χ0v) is 11.6. The van der Waals surface area contributed by atoms with Crippen LogP contribution in [0.15, 0.2) is 35.7 Å². The van der Waals surface area contributed by atoms with Crippen LogP contribution in [0.1, 0.15) is 10.9 Å². The van der Waals surface area contributed by atoms with Crippen LogP contribution < -0.4 is 15.8 Å². The Morgan fingerprint density at radius 3 is 2.89 bits per heavy atom. The van der Waals surface area contributed by atoms with Crippen molar-refractivity contribution in [3.05, 3.63) is 45.6 Å². The minimum atomic E-state index is 0.0645. The molecule has 2 rings (SSSR count). The summed E-state index contributed by atoms with van der Waals surface area (Å²) in [5.41, 5.74) is 6.78. The van der Waals surface area contributed by atoms with Crippen LogP contribution in [-0.4, -0.2) is 13.7 Å². The van der Waals surface area contributed by atoms with Crippen molar-refractivity contribution in [1.29, 1.82) is 0 Å². The molecule has 0 radical (unpaired) electrons. The molecule has 0 spiro atoms. The maximum Gasteiger partial charge on any atom is 0.120 e. The van der Waals surface area contributed by atoms with Gasteiger partial charge < -0.3 is 15.8 Å². The van der Waals surface area contributed by atoms with E-state index in [9.17, 15) is 0 Å². The SMILES string of the molecule is COc1cccc(NC(CN)c2cc(Cl)cs2)c1. The Balaban J connectivity index is 2.14. The van der Waals surface area contributed by atoms with Gasteiger partial charge in [-0.2, -0.15) is 0 Å². The standard InChI is InChI=1S/C13H15ClN2OS/c1-17-11-4-2-3-10(6-11)16-12(7-15)13-5-9(14)8-18-13/h2-6,8,12,16H,7,15H2,1H3. The van der Waals surface area contributed by atoms with E-state index in [0.29, 0.717) is 6.54 Å². The number of halogens is 1. The van der Waals surface area contributed by atoms with Crippen LogP contribution in [0.5, 0.6) is 5.75 Å². The molecular formula is C13H15ClN2OS. The Morgan fingerprint density at radius 1 is 1.44 bits per heavy atom. The lowest BCUT2D eigenvalue weighted by molar-refractivity contribution is 0.415. The highest BCUT2D eigenvalue weighted by Crippen LogP contribution is 2.28. The van der Waals surface area contributed by atoms with E-state index in [2.05, 4.69) is 5.32 Å². The third-order valence-corrected chi connectivity index (χ3v) is 3.97. The van der Waals surface area contributed by atoms with Crippen molar-refractivity contribution < 1.29 is 4.74 Å². The molecule has 1 aromatic heterocycles. The van der Waals surface area contributed by atoms with E-state index in [1.165, 1.54) is 0 Å². The molecule has 3 N–H and O–H groups in total. The molecule has 96 valence electrons. The van der Waals surface area contributed by atoms with Gasteiger partial charge in [-0.25, -0.2) is 0 Å². The van der Waals surface area contributed by atoms with Crippen LogP contribution in [0.25, 0.3) is 0 Å². The van der Waals surface area contributed by atoms with Crippen LogP contribution in [0.3, 0.4) is 0 Å². The van der Waals surface area contributed by atoms with E-state index in [-0.39, 0.29) is 6.04 Å². The van der Waals surface area contributed by atoms with Crippen LogP contribution >= 0.6 is 22.9 Å². The van der Waals surface area contributed by atoms with Gasteiger partial charge in [-0.05, 0) is 18.2 Å². The van der Waals surface area contributed by atoms with Gasteiger partial charge >= 0.3 is 0 Å². The number of nitrogens with two attached hydrogens (primary N) is 1. The first-order valence-corrected chi connectivity index (χ1v) is 6.83. The summed E-state index contributed by atoms with van der Waals surface area (Å²) >= 11 is 7.54. The molecule has 18 heavy (non-hydrogen) atoms. The summed E-state index contributed by atoms with van der Waals surface area (Å²) in [7, 11) is 1.65. The molecule has 1 aromatic carbocycles. The Hall–Kier alpha value is -1.23. The number of hydrogen-bond acceptors (Lipinski definition) is 4. The number of benzene rings is 1. The van der Waals surface area contributed by atoms with Gasteiger partial charge in [0.1, 0.15) is 5.75 Å². The smallest absolute Gasteiger partial charge is 0.120 e. The Kier molecular flexibility index (Phi) is 4.47. The fourth-order valence-electron chi connectivity index (χ4n) is 1.67. The van der Waals surface area contributed by atoms with Crippen LogP contribution in [0, 0.1) is 0 Å². The first-order valence-electron chi connectivity index (χ1n) is 5.57. The predicted octanol–water partition coefficient (Wildman–Crippen LogP) is 3.52. The van der Waals surface area contributed by atoms with Crippen molar-refractivity contribution >= 4 is 28.6 Å². The molecule has 0 aliphatic rings. The summed E-state index contributed by atoms with van der Waals surface area (Å²) < 4.78 is 5.19. The average molecular weight is 283 g/mol. The predicted molar refractivity (Wildman–Crippen MR) is 77.7 cm³/mol. The first kappa shape index (κ1) is 13.2. The number of hydrogen-bond donors (Lipinski definition) is 2. The van der Waals surface area contributed by atoms with Crippen molar-refractivity contribution in [2.24, 2.45) is 5.73 Å². The van der Waals surface area contributed by atoms with Crippen molar-refractivity contribution in [3.63, 3.8) is 0 Å². The van der Waals surface area contributed by atoms with Gasteiger partial charge in [0, 0.05) is 28.6 Å². The van der Waals surface area contributed by atoms with Gasteiger partial charge in [-0.15, -0.1) is 11.3 Å². The largest absolute Gasteiger partial charge is 0.497 e. The van der Waals surface area contributed by atoms with E-state index in [1.54, 1.807) is 18.4 Å². The topological polar surface area (TPSA) is 47.3 Å². The molecule has 1 unspecified atom stereocenters. The fraction of sp³-hybridized carbons (Fsp3) is 0.231. The Bertz CT molecular complexity index is 515. The molecule has 1 atom stereocenters. The quantitative estimate of drug-likeness (QED) is 0.882. The lowest BCUT2D eigenvalue weighted by Crippen LogP contribution is -2.19. The Labute approximate surface area is 116 Å². The van der Waals surface area contributed by atoms with Crippen molar-refractivity contribution in [1.82, 2.24) is 0 Å². The maximum atomic E-state index is 5.93. The zero-order valence-electron chi connectivity index (χ0n) is 10.0. The third-order valence-electron chi connectivity index (χ3n) is 2.58. The van der Waals surface area contributed by atoms with E-state index in [4.69, 9.17) is 22.1 Å². The molecular weight excluding hydrogens is 268 g/mol. The second-order valence-electron chi connectivity index (χ2n) is 3.83. The van der Waals surface area contributed by atoms with Crippen molar-refractivity contribution in [3.8, 4) is 5.75 Å². The molecule has 0 aliphatic carbocycles. The third kappa shape index (κ3) is 3.16. The molecule has 0 saturated carbocycles. The molecule has 2 aromatic rings. The van der Waals surface area contributed by atoms with Crippen molar-refractivity contribution in [2.75, 3.05) is 19.0 Å². The Morgan fingerprint density at radius 2 is 2.28 bits per heavy atom. The van der Waals surface area contributed by atoms with Crippen LogP contribution in [0.2, 0.25) is 5.02 Å². The van der Waals surface area contributed by atoms with Crippen molar-refractivity contribution in [2.45, 2.75) is 6.04 Å². The average Bonchev–Trinajstić information content (AvgIpc) is 2.82. The molecule has 0 aliphatic heterocycles. The number of anilines is 1. The number of nitrogens with one attached hydrogen (secondary N) is 1. The van der Waals surface area contributed by atoms with Crippen LogP contribution in [-0.2, 0) is 0 Å². The minimum absolute atomic E-state index is 0.0645. The second kappa shape index (κ2) is 6.09. The fourth-order valence-corrected chi connectivity index (χ4v) is 2.82. The molecule has 3 nitrogen and oxygen atoms in total. The van der Waals surface area contributed by atoms with Gasteiger partial charge in [0.2, 0.25) is 0 Å². The molecule has 1 heterocycles. The van der Waals surface area contributed by atoms with E-state index >= 15 is 0 Å². The second-order valence-corrected chi connectivity index (χ2v) is 5.21. The highest BCUT2D eigenvalue weighted by Gasteiger charge is 2.12. The molecule has 5 heteroatoms. The van der Waals surface area contributed by atoms with Crippen LogP contribution in [0.4, 0.5) is 5.69 Å². The maximum absolute atomic E-state index is 5.93. The summed E-state index contributed by atoms with van der Waals surface area (Å²) in [6, 6.07) is 9.78. The lowest BCUT2D eigenvalue weighted by Gasteiger charge is -2.17. The van der Waals surface area contributed by atoms with E-state index < -0.39 is 0 Å². The zero-order chi connectivity index (χ0) is 13.0. The van der Waals surface area contributed by atoms with E-state index in [0.717, 1.165) is 21.3 Å². The van der Waals surface area contributed by atoms with Gasteiger partial charge in [-0.1, -0.05) is 17.7 Å². The number of ether oxygens (including phenoxy) is 1. The van der Waals surface area contributed by atoms with Gasteiger partial charge in [0.15, 0.2) is 0 Å². The number of thiophene rings is 1. The molecule has 0 bridgehead atoms. The van der Waals surface area contributed by atoms with Gasteiger partial charge in [0.25, 0.3) is 0 Å². The number of rotatable bonds is 5. The monoisotopic (exact) mass is 282 g/mol. The summed E-state index contributed by atoms with van der Waals surface area (Å²) in [5, 5.41) is 6.04. The molecule has 0 saturated heterocycles. The molecule has 0 fully saturated rings. The molecule has 0 amide bonds. The van der Waals surface area contributed by atoms with Gasteiger partial charge in [0.05, 0.1) is 18.2 Å². The number of methoxy groups -OCH3 is 1. The normalized spacial score (nSPS) is 12.2. The lowest BCUT2D eigenvalue weighted by atomic mass is 10.2. The summed E-state index contributed by atoms with van der Waals surface area (Å²) in [6.07, 6.45) is 0. The highest BCUT2D eigenvalue weighted by atomic mass is 35.5. The highest BCUT2D eigenvalue weighted by molar-refractivity contribution is 7.10. The minimum Gasteiger partial charge on any atom is -0.497 e. The first-order chi connectivity index (χ1) is 8.72. The summed E-state index contributed by atoms with van der Waals surface area (Å²) in [4.78, 5) is 1.13.